The van der Waals surface area contributed by atoms with Gasteiger partial charge in [-0.3, -0.25) is 4.98 Å². The molecule has 0 amide bonds. The Morgan fingerprint density at radius 2 is 1.79 bits per heavy atom. The van der Waals surface area contributed by atoms with E-state index in [2.05, 4.69) is 65.9 Å². The molecule has 38 heavy (non-hydrogen) atoms. The molecule has 1 aliphatic rings. The lowest BCUT2D eigenvalue weighted by Crippen LogP contribution is -2.29. The first kappa shape index (κ1) is 26.2. The van der Waals surface area contributed by atoms with Crippen LogP contribution in [0.3, 0.4) is 0 Å². The number of nitrogens with one attached hydrogen (secondary N) is 1. The summed E-state index contributed by atoms with van der Waals surface area (Å²) < 4.78 is 13.2. The molecule has 1 saturated heterocycles. The van der Waals surface area contributed by atoms with Crippen LogP contribution in [0, 0.1) is 20.8 Å². The van der Waals surface area contributed by atoms with E-state index in [1.54, 1.807) is 7.11 Å². The monoisotopic (exact) mass is 546 g/mol. The van der Waals surface area contributed by atoms with Gasteiger partial charge in [0.25, 0.3) is 0 Å². The van der Waals surface area contributed by atoms with Crippen LogP contribution < -0.4 is 15.0 Å². The molecular weight excluding hydrogens is 516 g/mol. The summed E-state index contributed by atoms with van der Waals surface area (Å²) in [4.78, 5) is 6.83. The van der Waals surface area contributed by atoms with Gasteiger partial charge in [-0.1, -0.05) is 35.9 Å². The lowest BCUT2D eigenvalue weighted by atomic mass is 9.96. The fraction of sp³-hybridized carbons (Fsp3) is 0.267. The highest BCUT2D eigenvalue weighted by Crippen LogP contribution is 2.45. The first-order chi connectivity index (χ1) is 18.4. The molecule has 1 aliphatic heterocycles. The van der Waals surface area contributed by atoms with Gasteiger partial charge in [-0.25, -0.2) is 0 Å². The molecule has 8 heteroatoms. The van der Waals surface area contributed by atoms with E-state index in [1.807, 2.05) is 42.6 Å². The Bertz CT molecular complexity index is 1460. The van der Waals surface area contributed by atoms with Crippen molar-refractivity contribution in [2.75, 3.05) is 25.2 Å². The van der Waals surface area contributed by atoms with Crippen molar-refractivity contribution in [2.45, 2.75) is 32.9 Å². The normalized spacial score (nSPS) is 17.1. The van der Waals surface area contributed by atoms with Crippen LogP contribution in [0.4, 0.5) is 5.69 Å². The zero-order valence-electron chi connectivity index (χ0n) is 21.9. The third-order valence-electron chi connectivity index (χ3n) is 6.98. The predicted octanol–water partition coefficient (Wildman–Crippen LogP) is 6.65. The summed E-state index contributed by atoms with van der Waals surface area (Å²) in [6.07, 6.45) is 1.82. The van der Waals surface area contributed by atoms with Crippen molar-refractivity contribution in [1.29, 1.82) is 0 Å². The minimum absolute atomic E-state index is 0.141. The van der Waals surface area contributed by atoms with Crippen molar-refractivity contribution < 1.29 is 9.47 Å². The van der Waals surface area contributed by atoms with Crippen molar-refractivity contribution in [1.82, 2.24) is 14.9 Å². The smallest absolute Gasteiger partial charge is 0.174 e. The molecule has 0 saturated carbocycles. The third-order valence-corrected chi connectivity index (χ3v) is 7.59. The average molecular weight is 547 g/mol. The van der Waals surface area contributed by atoms with E-state index < -0.39 is 0 Å². The second-order valence-corrected chi connectivity index (χ2v) is 10.2. The van der Waals surface area contributed by atoms with Gasteiger partial charge in [0.15, 0.2) is 5.11 Å². The summed E-state index contributed by atoms with van der Waals surface area (Å²) in [5, 5.41) is 4.69. The lowest BCUT2D eigenvalue weighted by Gasteiger charge is -2.28. The van der Waals surface area contributed by atoms with E-state index in [0.717, 1.165) is 22.8 Å². The molecule has 3 heterocycles. The zero-order valence-corrected chi connectivity index (χ0v) is 23.5. The number of hydrogen-bond donors (Lipinski definition) is 1. The first-order valence-electron chi connectivity index (χ1n) is 12.6. The van der Waals surface area contributed by atoms with Gasteiger partial charge in [0.1, 0.15) is 12.4 Å². The summed E-state index contributed by atoms with van der Waals surface area (Å²) in [6, 6.07) is 22.2. The van der Waals surface area contributed by atoms with Gasteiger partial charge in [-0.15, -0.1) is 0 Å². The number of ether oxygens (including phenoxy) is 2. The van der Waals surface area contributed by atoms with Crippen LogP contribution in [0.2, 0.25) is 5.02 Å². The maximum absolute atomic E-state index is 6.67. The molecule has 0 unspecified atom stereocenters. The summed E-state index contributed by atoms with van der Waals surface area (Å²) in [6.45, 7) is 7.37. The summed E-state index contributed by atoms with van der Waals surface area (Å²) in [7, 11) is 1.64. The Hall–Kier alpha value is -3.39. The van der Waals surface area contributed by atoms with Gasteiger partial charge >= 0.3 is 0 Å². The molecular formula is C30H31ClN4O2S. The molecule has 0 bridgehead atoms. The maximum atomic E-state index is 6.67. The number of aryl methyl sites for hydroxylation is 2. The highest BCUT2D eigenvalue weighted by Gasteiger charge is 2.42. The van der Waals surface area contributed by atoms with Gasteiger partial charge in [0, 0.05) is 36.1 Å². The van der Waals surface area contributed by atoms with Crippen molar-refractivity contribution in [2.24, 2.45) is 0 Å². The van der Waals surface area contributed by atoms with Crippen LogP contribution in [-0.2, 0) is 4.74 Å². The number of anilines is 1. The molecule has 1 N–H and O–H groups in total. The number of thiocarbonyl (C=S) groups is 1. The lowest BCUT2D eigenvalue weighted by molar-refractivity contribution is 0.146. The van der Waals surface area contributed by atoms with E-state index in [1.165, 1.54) is 16.8 Å². The number of rotatable bonds is 8. The highest BCUT2D eigenvalue weighted by atomic mass is 35.5. The molecule has 1 fully saturated rings. The number of methoxy groups -OCH3 is 1. The standard InChI is InChI=1S/C30H31ClN4O2S/c1-19-9-5-6-11-26(19)34-20(2)17-23(21(34)3)29-28(25-10-7-8-14-32-25)33-30(38)35(29)22-12-13-27(24(31)18-22)37-16-15-36-4/h5-14,17-18,28-29H,15-16H2,1-4H3,(H,33,38)/t28-,29+/m1/s1. The molecule has 0 spiro atoms. The second kappa shape index (κ2) is 11.2. The maximum Gasteiger partial charge on any atom is 0.174 e. The molecule has 196 valence electrons. The van der Waals surface area contributed by atoms with E-state index in [4.69, 9.17) is 38.3 Å². The minimum atomic E-state index is -0.147. The number of nitrogens with zero attached hydrogens (tertiary/aromatic N) is 3. The molecule has 6 nitrogen and oxygen atoms in total. The number of halogens is 1. The molecule has 0 radical (unpaired) electrons. The SMILES string of the molecule is COCCOc1ccc(N2C(=S)N[C@H](c3ccccn3)[C@@H]2c2cc(C)n(-c3ccccc3C)c2C)cc1Cl. The van der Waals surface area contributed by atoms with Gasteiger partial charge in [-0.2, -0.15) is 0 Å². The van der Waals surface area contributed by atoms with Gasteiger partial charge in [0.2, 0.25) is 0 Å². The summed E-state index contributed by atoms with van der Waals surface area (Å²) >= 11 is 12.6. The molecule has 2 aromatic carbocycles. The highest BCUT2D eigenvalue weighted by molar-refractivity contribution is 7.80. The van der Waals surface area contributed by atoms with Crippen LogP contribution in [0.25, 0.3) is 5.69 Å². The zero-order chi connectivity index (χ0) is 26.8. The topological polar surface area (TPSA) is 51.6 Å². The Kier molecular flexibility index (Phi) is 7.70. The Morgan fingerprint density at radius 3 is 2.50 bits per heavy atom. The van der Waals surface area contributed by atoms with Crippen LogP contribution in [0.5, 0.6) is 5.75 Å². The Balaban J connectivity index is 1.61. The largest absolute Gasteiger partial charge is 0.490 e. The fourth-order valence-corrected chi connectivity index (χ4v) is 5.79. The van der Waals surface area contributed by atoms with Crippen LogP contribution >= 0.6 is 23.8 Å². The molecule has 4 aromatic rings. The first-order valence-corrected chi connectivity index (χ1v) is 13.4. The van der Waals surface area contributed by atoms with Crippen molar-refractivity contribution >= 4 is 34.6 Å². The molecule has 0 aliphatic carbocycles. The van der Waals surface area contributed by atoms with Crippen molar-refractivity contribution in [3.63, 3.8) is 0 Å². The van der Waals surface area contributed by atoms with Gasteiger partial charge in [0.05, 0.1) is 29.4 Å². The van der Waals surface area contributed by atoms with Crippen molar-refractivity contribution in [3.8, 4) is 11.4 Å². The van der Waals surface area contributed by atoms with Crippen LogP contribution in [0.1, 0.15) is 40.3 Å². The molecule has 2 atom stereocenters. The Labute approximate surface area is 234 Å². The van der Waals surface area contributed by atoms with E-state index in [-0.39, 0.29) is 12.1 Å². The minimum Gasteiger partial charge on any atom is -0.490 e. The average Bonchev–Trinajstić information content (AvgIpc) is 3.41. The number of para-hydroxylation sites is 1. The fourth-order valence-electron chi connectivity index (χ4n) is 5.21. The molecule has 5 rings (SSSR count). The van der Waals surface area contributed by atoms with Crippen molar-refractivity contribution in [3.05, 3.63) is 106 Å². The third kappa shape index (κ3) is 4.89. The quantitative estimate of drug-likeness (QED) is 0.197. The number of aromatic nitrogens is 2. The van der Waals surface area contributed by atoms with E-state index >= 15 is 0 Å². The predicted molar refractivity (Wildman–Crippen MR) is 157 cm³/mol. The second-order valence-electron chi connectivity index (χ2n) is 9.40. The number of benzene rings is 2. The number of hydrogen-bond acceptors (Lipinski definition) is 4. The molecule has 2 aromatic heterocycles. The van der Waals surface area contributed by atoms with Crippen LogP contribution in [-0.4, -0.2) is 35.0 Å². The summed E-state index contributed by atoms with van der Waals surface area (Å²) in [5.74, 6) is 0.612. The van der Waals surface area contributed by atoms with E-state index in [0.29, 0.717) is 29.1 Å². The Morgan fingerprint density at radius 1 is 1.00 bits per heavy atom. The van der Waals surface area contributed by atoms with E-state index in [9.17, 15) is 0 Å². The van der Waals surface area contributed by atoms with Gasteiger partial charge < -0.3 is 24.3 Å². The van der Waals surface area contributed by atoms with Gasteiger partial charge in [-0.05, 0) is 86.6 Å². The summed E-state index contributed by atoms with van der Waals surface area (Å²) in [5.41, 5.74) is 7.68. The number of pyridine rings is 1. The van der Waals surface area contributed by atoms with Crippen LogP contribution in [0.15, 0.2) is 72.9 Å².